The first kappa shape index (κ1) is 26.2. The average molecular weight is 522 g/mol. The van der Waals surface area contributed by atoms with Crippen molar-refractivity contribution in [2.45, 2.75) is 56.7 Å². The van der Waals surface area contributed by atoms with Gasteiger partial charge < -0.3 is 14.2 Å². The van der Waals surface area contributed by atoms with Gasteiger partial charge in [-0.15, -0.1) is 0 Å². The maximum atomic E-state index is 13.2. The quantitative estimate of drug-likeness (QED) is 0.445. The topological polar surface area (TPSA) is 64.4 Å². The van der Waals surface area contributed by atoms with Crippen LogP contribution in [0.2, 0.25) is 0 Å². The fourth-order valence-corrected chi connectivity index (χ4v) is 5.05. The van der Waals surface area contributed by atoms with Crippen molar-refractivity contribution >= 4 is 27.6 Å². The van der Waals surface area contributed by atoms with Crippen LogP contribution in [-0.2, 0) is 15.6 Å². The molecule has 1 amide bonds. The Labute approximate surface area is 210 Å². The highest BCUT2D eigenvalue weighted by molar-refractivity contribution is 7.84. The first-order valence-corrected chi connectivity index (χ1v) is 13.7. The number of halogens is 3. The molecule has 1 aromatic carbocycles. The minimum Gasteiger partial charge on any atom is -0.489 e. The zero-order valence-corrected chi connectivity index (χ0v) is 21.4. The molecule has 1 aliphatic carbocycles. The van der Waals surface area contributed by atoms with E-state index in [0.717, 1.165) is 15.8 Å². The highest BCUT2D eigenvalue weighted by Crippen LogP contribution is 2.58. The van der Waals surface area contributed by atoms with Crippen molar-refractivity contribution in [1.29, 1.82) is 0 Å². The second kappa shape index (κ2) is 10.2. The number of fused-ring (bicyclic) bond motifs is 1. The van der Waals surface area contributed by atoms with Gasteiger partial charge in [-0.1, -0.05) is 13.8 Å². The number of alkyl halides is 3. The van der Waals surface area contributed by atoms with Gasteiger partial charge in [-0.3, -0.25) is 9.00 Å². The summed E-state index contributed by atoms with van der Waals surface area (Å²) in [4.78, 5) is 19.0. The molecule has 0 radical (unpaired) electrons. The maximum Gasteiger partial charge on any atom is 0.403 e. The zero-order valence-electron chi connectivity index (χ0n) is 20.5. The van der Waals surface area contributed by atoms with Gasteiger partial charge in [0.15, 0.2) is 0 Å². The van der Waals surface area contributed by atoms with Crippen LogP contribution < -0.4 is 4.74 Å². The van der Waals surface area contributed by atoms with Crippen molar-refractivity contribution < 1.29 is 26.9 Å². The van der Waals surface area contributed by atoms with Crippen LogP contribution in [0.4, 0.5) is 13.2 Å². The zero-order chi connectivity index (χ0) is 26.1. The molecule has 194 valence electrons. The molecule has 0 bridgehead atoms. The number of ether oxygens (including phenoxy) is 1. The first-order chi connectivity index (χ1) is 17.2. The van der Waals surface area contributed by atoms with Gasteiger partial charge in [-0.2, -0.15) is 13.2 Å². The normalized spacial score (nSPS) is 18.3. The Morgan fingerprint density at radius 3 is 2.36 bits per heavy atom. The number of rotatable bonds is 5. The SMILES string of the molecule is CC.CS(=O)c1ccc2c(ccn2-c2ccc(OC3CCN(C(=O)C4(C(F)(F)F)CC4)CC3)cn2)c1. The Morgan fingerprint density at radius 2 is 1.81 bits per heavy atom. The number of amides is 1. The monoisotopic (exact) mass is 521 g/mol. The summed E-state index contributed by atoms with van der Waals surface area (Å²) in [6.45, 7) is 4.51. The van der Waals surface area contributed by atoms with Gasteiger partial charge in [-0.05, 0) is 49.2 Å². The van der Waals surface area contributed by atoms with Gasteiger partial charge in [0.25, 0.3) is 0 Å². The Bertz CT molecular complexity index is 1240. The molecule has 1 saturated heterocycles. The molecule has 10 heteroatoms. The fraction of sp³-hybridized carbons (Fsp3) is 0.462. The minimum atomic E-state index is -4.48. The number of hydrogen-bond acceptors (Lipinski definition) is 4. The molecule has 2 aromatic heterocycles. The lowest BCUT2D eigenvalue weighted by Crippen LogP contribution is -2.48. The second-order valence-electron chi connectivity index (χ2n) is 8.90. The van der Waals surface area contributed by atoms with E-state index in [9.17, 15) is 22.2 Å². The van der Waals surface area contributed by atoms with E-state index in [0.29, 0.717) is 24.4 Å². The highest BCUT2D eigenvalue weighted by atomic mass is 32.2. The van der Waals surface area contributed by atoms with Crippen LogP contribution in [0, 0.1) is 5.41 Å². The molecule has 5 rings (SSSR count). The molecule has 0 spiro atoms. The van der Waals surface area contributed by atoms with Crippen LogP contribution >= 0.6 is 0 Å². The third kappa shape index (κ3) is 5.00. The summed E-state index contributed by atoms with van der Waals surface area (Å²) in [5.74, 6) is 0.485. The van der Waals surface area contributed by atoms with Crippen LogP contribution in [0.25, 0.3) is 16.7 Å². The number of pyridine rings is 1. The van der Waals surface area contributed by atoms with Crippen LogP contribution in [-0.4, -0.2) is 56.2 Å². The maximum absolute atomic E-state index is 13.2. The standard InChI is InChI=1S/C24H24F3N3O3S.C2H6/c1-34(32)19-3-4-20-16(14-19)6-13-30(20)21-5-2-18(15-28-21)33-17-7-11-29(12-8-17)22(31)23(9-10-23)24(25,26)27;1-2/h2-6,13-15,17H,7-12H2,1H3;1-2H3. The molecule has 1 aliphatic heterocycles. The summed E-state index contributed by atoms with van der Waals surface area (Å²) in [6.07, 6.45) is 1.24. The van der Waals surface area contributed by atoms with E-state index in [1.807, 2.05) is 61.0 Å². The third-order valence-corrected chi connectivity index (χ3v) is 7.61. The smallest absolute Gasteiger partial charge is 0.403 e. The molecule has 3 heterocycles. The number of piperidine rings is 1. The van der Waals surface area contributed by atoms with E-state index in [1.165, 1.54) is 4.90 Å². The Morgan fingerprint density at radius 1 is 1.11 bits per heavy atom. The van der Waals surface area contributed by atoms with Crippen LogP contribution in [0.15, 0.2) is 53.7 Å². The Balaban J connectivity index is 0.00000148. The van der Waals surface area contributed by atoms with E-state index in [-0.39, 0.29) is 32.0 Å². The predicted molar refractivity (Wildman–Crippen MR) is 133 cm³/mol. The molecule has 0 N–H and O–H groups in total. The number of carbonyl (C=O) groups excluding carboxylic acids is 1. The van der Waals surface area contributed by atoms with Gasteiger partial charge in [0, 0.05) is 59.5 Å². The minimum absolute atomic E-state index is 0.111. The molecular weight excluding hydrogens is 491 g/mol. The van der Waals surface area contributed by atoms with Crippen LogP contribution in [0.1, 0.15) is 39.5 Å². The molecule has 1 atom stereocenters. The van der Waals surface area contributed by atoms with Crippen molar-refractivity contribution in [2.75, 3.05) is 19.3 Å². The van der Waals surface area contributed by atoms with Crippen molar-refractivity contribution in [2.24, 2.45) is 5.41 Å². The molecule has 3 aromatic rings. The van der Waals surface area contributed by atoms with Gasteiger partial charge >= 0.3 is 6.18 Å². The molecule has 1 saturated carbocycles. The molecular formula is C26H30F3N3O3S. The van der Waals surface area contributed by atoms with E-state index in [1.54, 1.807) is 12.5 Å². The molecule has 36 heavy (non-hydrogen) atoms. The van der Waals surface area contributed by atoms with E-state index in [2.05, 4.69) is 4.98 Å². The average Bonchev–Trinajstić information content (AvgIpc) is 3.60. The number of hydrogen-bond donors (Lipinski definition) is 0. The van der Waals surface area contributed by atoms with Crippen molar-refractivity contribution in [3.05, 3.63) is 48.8 Å². The number of benzene rings is 1. The summed E-state index contributed by atoms with van der Waals surface area (Å²) in [7, 11) is -1.05. The lowest BCUT2D eigenvalue weighted by Gasteiger charge is -2.34. The summed E-state index contributed by atoms with van der Waals surface area (Å²) in [5, 5.41) is 0.967. The number of likely N-dealkylation sites (tertiary alicyclic amines) is 1. The highest BCUT2D eigenvalue weighted by Gasteiger charge is 2.69. The largest absolute Gasteiger partial charge is 0.489 e. The van der Waals surface area contributed by atoms with E-state index < -0.39 is 28.3 Å². The van der Waals surface area contributed by atoms with E-state index >= 15 is 0 Å². The van der Waals surface area contributed by atoms with Crippen LogP contribution in [0.5, 0.6) is 5.75 Å². The van der Waals surface area contributed by atoms with Crippen LogP contribution in [0.3, 0.4) is 0 Å². The van der Waals surface area contributed by atoms with Crippen molar-refractivity contribution in [1.82, 2.24) is 14.5 Å². The Hall–Kier alpha value is -2.88. The Kier molecular flexibility index (Phi) is 7.45. The summed E-state index contributed by atoms with van der Waals surface area (Å²) in [6, 6.07) is 11.2. The van der Waals surface area contributed by atoms with Gasteiger partial charge in [0.2, 0.25) is 5.91 Å². The van der Waals surface area contributed by atoms with E-state index in [4.69, 9.17) is 4.74 Å². The first-order valence-electron chi connectivity index (χ1n) is 12.1. The van der Waals surface area contributed by atoms with Gasteiger partial charge in [0.05, 0.1) is 11.7 Å². The number of aromatic nitrogens is 2. The molecule has 2 aliphatic rings. The van der Waals surface area contributed by atoms with Crippen molar-refractivity contribution in [3.8, 4) is 11.6 Å². The third-order valence-electron chi connectivity index (χ3n) is 6.70. The second-order valence-corrected chi connectivity index (χ2v) is 10.3. The fourth-order valence-electron chi connectivity index (χ4n) is 4.50. The lowest BCUT2D eigenvalue weighted by molar-refractivity contribution is -0.199. The van der Waals surface area contributed by atoms with Gasteiger partial charge in [-0.25, -0.2) is 4.98 Å². The van der Waals surface area contributed by atoms with Crippen molar-refractivity contribution in [3.63, 3.8) is 0 Å². The molecule has 1 unspecified atom stereocenters. The summed E-state index contributed by atoms with van der Waals surface area (Å²) < 4.78 is 59.4. The molecule has 6 nitrogen and oxygen atoms in total. The summed E-state index contributed by atoms with van der Waals surface area (Å²) in [5.41, 5.74) is -1.21. The lowest BCUT2D eigenvalue weighted by atomic mass is 10.0. The number of nitrogens with zero attached hydrogens (tertiary/aromatic N) is 3. The number of carbonyl (C=O) groups is 1. The van der Waals surface area contributed by atoms with Gasteiger partial charge in [0.1, 0.15) is 23.1 Å². The molecule has 2 fully saturated rings. The predicted octanol–water partition coefficient (Wildman–Crippen LogP) is 5.50. The summed E-state index contributed by atoms with van der Waals surface area (Å²) >= 11 is 0.